The minimum atomic E-state index is -4.80. The molecule has 2 rings (SSSR count). The van der Waals surface area contributed by atoms with Crippen LogP contribution in [0.4, 0.5) is 17.6 Å². The molecule has 0 saturated heterocycles. The molecule has 0 aliphatic carbocycles. The van der Waals surface area contributed by atoms with Crippen molar-refractivity contribution in [1.29, 1.82) is 0 Å². The lowest BCUT2D eigenvalue weighted by atomic mass is 9.90. The van der Waals surface area contributed by atoms with E-state index in [4.69, 9.17) is 0 Å². The Balaban J connectivity index is 2.11. The summed E-state index contributed by atoms with van der Waals surface area (Å²) in [5.74, 6) is -4.26. The van der Waals surface area contributed by atoms with Gasteiger partial charge < -0.3 is 9.84 Å². The lowest BCUT2D eigenvalue weighted by Crippen LogP contribution is -2.38. The fourth-order valence-corrected chi connectivity index (χ4v) is 1.88. The maximum atomic E-state index is 14.1. The van der Waals surface area contributed by atoms with E-state index < -0.39 is 40.8 Å². The van der Waals surface area contributed by atoms with Crippen LogP contribution in [0.5, 0.6) is 0 Å². The molecule has 0 radical (unpaired) electrons. The summed E-state index contributed by atoms with van der Waals surface area (Å²) < 4.78 is 55.5. The molecular formula is C16H15F4N3O3. The predicted molar refractivity (Wildman–Crippen MR) is 81.0 cm³/mol. The first-order chi connectivity index (χ1) is 11.9. The Morgan fingerprint density at radius 2 is 1.85 bits per heavy atom. The molecule has 6 nitrogen and oxygen atoms in total. The van der Waals surface area contributed by atoms with Crippen LogP contribution >= 0.6 is 0 Å². The lowest BCUT2D eigenvalue weighted by molar-refractivity contribution is -0.159. The second-order valence-corrected chi connectivity index (χ2v) is 6.49. The third-order valence-corrected chi connectivity index (χ3v) is 3.31. The number of benzene rings is 1. The van der Waals surface area contributed by atoms with E-state index in [2.05, 4.69) is 20.0 Å². The molecule has 0 fully saturated rings. The van der Waals surface area contributed by atoms with Crippen molar-refractivity contribution in [2.24, 2.45) is 5.41 Å². The number of ketones is 1. The number of hydrogen-bond acceptors (Lipinski definition) is 5. The van der Waals surface area contributed by atoms with Crippen molar-refractivity contribution in [3.63, 3.8) is 0 Å². The van der Waals surface area contributed by atoms with Crippen LogP contribution in [0, 0.1) is 11.2 Å². The molecule has 26 heavy (non-hydrogen) atoms. The maximum Gasteiger partial charge on any atom is 0.471 e. The van der Waals surface area contributed by atoms with Crippen molar-refractivity contribution in [2.45, 2.75) is 33.5 Å². The summed E-state index contributed by atoms with van der Waals surface area (Å²) in [5.41, 5.74) is -0.854. The second-order valence-electron chi connectivity index (χ2n) is 6.49. The molecule has 0 atom stereocenters. The first-order valence-corrected chi connectivity index (χ1v) is 7.42. The van der Waals surface area contributed by atoms with Gasteiger partial charge in [-0.05, 0) is 6.07 Å². The first kappa shape index (κ1) is 19.5. The van der Waals surface area contributed by atoms with E-state index in [-0.39, 0.29) is 17.7 Å². The zero-order valence-electron chi connectivity index (χ0n) is 14.1. The number of nitrogens with zero attached hydrogens (tertiary/aromatic N) is 2. The van der Waals surface area contributed by atoms with Gasteiger partial charge in [-0.2, -0.15) is 18.2 Å². The topological polar surface area (TPSA) is 85.1 Å². The van der Waals surface area contributed by atoms with Gasteiger partial charge in [0, 0.05) is 23.1 Å². The van der Waals surface area contributed by atoms with Crippen LogP contribution in [-0.2, 0) is 22.3 Å². The summed E-state index contributed by atoms with van der Waals surface area (Å²) in [5, 5.41) is 5.46. The average molecular weight is 373 g/mol. The van der Waals surface area contributed by atoms with Crippen LogP contribution in [0.15, 0.2) is 22.7 Å². The smallest absolute Gasteiger partial charge is 0.345 e. The number of carbonyl (C=O) groups excluding carboxylic acids is 2. The van der Waals surface area contributed by atoms with E-state index >= 15 is 0 Å². The molecule has 1 N–H and O–H groups in total. The average Bonchev–Trinajstić information content (AvgIpc) is 3.02. The maximum absolute atomic E-state index is 14.1. The molecule has 1 heterocycles. The molecule has 2 aromatic rings. The fourth-order valence-electron chi connectivity index (χ4n) is 1.88. The first-order valence-electron chi connectivity index (χ1n) is 7.42. The summed E-state index contributed by atoms with van der Waals surface area (Å²) in [6, 6.07) is 3.44. The number of nitrogens with one attached hydrogen (secondary N) is 1. The van der Waals surface area contributed by atoms with Crippen LogP contribution < -0.4 is 5.32 Å². The van der Waals surface area contributed by atoms with E-state index in [1.807, 2.05) is 0 Å². The Hall–Kier alpha value is -2.78. The standard InChI is InChI=1S/C16H15F4N3O3/c1-15(2,3)11(24)13(25)21-7-9-5-4-8(6-10(9)17)12-22-14(26-23-12)16(18,19)20/h4-6H,7H2,1-3H3,(H,21,25). The third-order valence-electron chi connectivity index (χ3n) is 3.31. The molecule has 10 heteroatoms. The largest absolute Gasteiger partial charge is 0.471 e. The van der Waals surface area contributed by atoms with Crippen LogP contribution in [0.3, 0.4) is 0 Å². The SMILES string of the molecule is CC(C)(C)C(=O)C(=O)NCc1ccc(-c2noc(C(F)(F)F)n2)cc1F. The van der Waals surface area contributed by atoms with Crippen LogP contribution in [0.25, 0.3) is 11.4 Å². The minimum absolute atomic E-state index is 0.0254. The van der Waals surface area contributed by atoms with E-state index in [0.717, 1.165) is 6.07 Å². The number of Topliss-reactive ketones (excluding diaryl/α,β-unsaturated/α-hetero) is 1. The molecule has 1 aromatic heterocycles. The zero-order valence-corrected chi connectivity index (χ0v) is 14.1. The Bertz CT molecular complexity index is 838. The normalized spacial score (nSPS) is 12.1. The molecule has 0 unspecified atom stereocenters. The Labute approximate surface area is 145 Å². The highest BCUT2D eigenvalue weighted by Gasteiger charge is 2.38. The second kappa shape index (κ2) is 6.85. The van der Waals surface area contributed by atoms with Crippen molar-refractivity contribution in [1.82, 2.24) is 15.5 Å². The van der Waals surface area contributed by atoms with Gasteiger partial charge in [0.2, 0.25) is 11.6 Å². The van der Waals surface area contributed by atoms with Gasteiger partial charge in [-0.25, -0.2) is 4.39 Å². The van der Waals surface area contributed by atoms with E-state index in [1.54, 1.807) is 20.8 Å². The van der Waals surface area contributed by atoms with Crippen molar-refractivity contribution >= 4 is 11.7 Å². The minimum Gasteiger partial charge on any atom is -0.345 e. The summed E-state index contributed by atoms with van der Waals surface area (Å²) >= 11 is 0. The van der Waals surface area contributed by atoms with Crippen LogP contribution in [0.1, 0.15) is 32.2 Å². The Morgan fingerprint density at radius 3 is 2.35 bits per heavy atom. The number of rotatable bonds is 4. The van der Waals surface area contributed by atoms with Gasteiger partial charge in [-0.3, -0.25) is 9.59 Å². The van der Waals surface area contributed by atoms with E-state index in [1.165, 1.54) is 12.1 Å². The molecule has 140 valence electrons. The molecule has 1 aromatic carbocycles. The highest BCUT2D eigenvalue weighted by atomic mass is 19.4. The van der Waals surface area contributed by atoms with Crippen LogP contribution in [0.2, 0.25) is 0 Å². The lowest BCUT2D eigenvalue weighted by Gasteiger charge is -2.15. The van der Waals surface area contributed by atoms with Crippen molar-refractivity contribution < 1.29 is 31.7 Å². The van der Waals surface area contributed by atoms with Gasteiger partial charge in [-0.15, -0.1) is 0 Å². The Kier molecular flexibility index (Phi) is 5.15. The van der Waals surface area contributed by atoms with Gasteiger partial charge in [-0.1, -0.05) is 38.1 Å². The summed E-state index contributed by atoms with van der Waals surface area (Å²) in [6.45, 7) is 4.46. The van der Waals surface area contributed by atoms with Crippen LogP contribution in [-0.4, -0.2) is 21.8 Å². The Morgan fingerprint density at radius 1 is 1.19 bits per heavy atom. The summed E-state index contributed by atoms with van der Waals surface area (Å²) in [4.78, 5) is 26.7. The van der Waals surface area contributed by atoms with E-state index in [9.17, 15) is 27.2 Å². The van der Waals surface area contributed by atoms with Gasteiger partial charge >= 0.3 is 12.1 Å². The van der Waals surface area contributed by atoms with Gasteiger partial charge in [0.05, 0.1) is 0 Å². The molecule has 1 amide bonds. The van der Waals surface area contributed by atoms with Gasteiger partial charge in [0.1, 0.15) is 5.82 Å². The highest BCUT2D eigenvalue weighted by Crippen LogP contribution is 2.29. The van der Waals surface area contributed by atoms with Gasteiger partial charge in [0.25, 0.3) is 5.91 Å². The van der Waals surface area contributed by atoms with E-state index in [0.29, 0.717) is 0 Å². The molecule has 0 spiro atoms. The zero-order chi connectivity index (χ0) is 19.7. The third kappa shape index (κ3) is 4.44. The molecule has 0 aliphatic rings. The highest BCUT2D eigenvalue weighted by molar-refractivity contribution is 6.37. The summed E-state index contributed by atoms with van der Waals surface area (Å²) in [7, 11) is 0. The number of alkyl halides is 3. The quantitative estimate of drug-likeness (QED) is 0.657. The predicted octanol–water partition coefficient (Wildman–Crippen LogP) is 3.13. The number of hydrogen-bond donors (Lipinski definition) is 1. The molecule has 0 aliphatic heterocycles. The summed E-state index contributed by atoms with van der Waals surface area (Å²) in [6.07, 6.45) is -4.80. The number of halogens is 4. The van der Waals surface area contributed by atoms with Crippen molar-refractivity contribution in [3.05, 3.63) is 35.5 Å². The number of carbonyl (C=O) groups is 2. The molecular weight excluding hydrogens is 358 g/mol. The van der Waals surface area contributed by atoms with Gasteiger partial charge in [0.15, 0.2) is 0 Å². The monoisotopic (exact) mass is 373 g/mol. The molecule has 0 saturated carbocycles. The number of aromatic nitrogens is 2. The fraction of sp³-hybridized carbons (Fsp3) is 0.375. The van der Waals surface area contributed by atoms with Crippen molar-refractivity contribution in [2.75, 3.05) is 0 Å². The molecule has 0 bridgehead atoms. The van der Waals surface area contributed by atoms with Crippen molar-refractivity contribution in [3.8, 4) is 11.4 Å². The number of amides is 1.